The SMILES string of the molecule is CCN(CC#N)c1ccc(Br)cc1. The van der Waals surface area contributed by atoms with Gasteiger partial charge in [0.25, 0.3) is 0 Å². The second-order valence-corrected chi connectivity index (χ2v) is 3.56. The molecule has 0 heterocycles. The zero-order chi connectivity index (χ0) is 9.68. The van der Waals surface area contributed by atoms with Gasteiger partial charge in [0, 0.05) is 16.7 Å². The van der Waals surface area contributed by atoms with Crippen molar-refractivity contribution in [3.05, 3.63) is 28.7 Å². The Hall–Kier alpha value is -1.01. The molecule has 68 valence electrons. The predicted molar refractivity (Wildman–Crippen MR) is 57.6 cm³/mol. The Bertz CT molecular complexity index is 300. The standard InChI is InChI=1S/C10H11BrN2/c1-2-13(8-7-12)10-5-3-9(11)4-6-10/h3-6H,2,8H2,1H3. The van der Waals surface area contributed by atoms with Gasteiger partial charge in [-0.05, 0) is 31.2 Å². The average Bonchev–Trinajstić information content (AvgIpc) is 2.16. The third kappa shape index (κ3) is 2.74. The van der Waals surface area contributed by atoms with E-state index < -0.39 is 0 Å². The minimum Gasteiger partial charge on any atom is -0.358 e. The van der Waals surface area contributed by atoms with Crippen LogP contribution < -0.4 is 4.90 Å². The van der Waals surface area contributed by atoms with Gasteiger partial charge < -0.3 is 4.90 Å². The van der Waals surface area contributed by atoms with Crippen LogP contribution in [0, 0.1) is 11.3 Å². The summed E-state index contributed by atoms with van der Waals surface area (Å²) in [4.78, 5) is 2.02. The molecular formula is C10H11BrN2. The van der Waals surface area contributed by atoms with E-state index in [1.165, 1.54) is 0 Å². The molecule has 0 aromatic heterocycles. The summed E-state index contributed by atoms with van der Waals surface area (Å²) in [6, 6.07) is 10.1. The van der Waals surface area contributed by atoms with Gasteiger partial charge in [0.05, 0.1) is 6.07 Å². The molecule has 0 fully saturated rings. The molecule has 0 aliphatic rings. The lowest BCUT2D eigenvalue weighted by atomic mass is 10.3. The first-order chi connectivity index (χ1) is 6.27. The third-order valence-electron chi connectivity index (χ3n) is 1.84. The highest BCUT2D eigenvalue weighted by molar-refractivity contribution is 9.10. The monoisotopic (exact) mass is 238 g/mol. The Labute approximate surface area is 86.9 Å². The molecule has 0 N–H and O–H groups in total. The van der Waals surface area contributed by atoms with E-state index >= 15 is 0 Å². The molecule has 0 radical (unpaired) electrons. The smallest absolute Gasteiger partial charge is 0.105 e. The van der Waals surface area contributed by atoms with E-state index in [9.17, 15) is 0 Å². The molecule has 0 amide bonds. The van der Waals surface area contributed by atoms with Crippen molar-refractivity contribution in [3.8, 4) is 6.07 Å². The molecule has 1 rings (SSSR count). The first-order valence-corrected chi connectivity index (χ1v) is 4.94. The molecule has 3 heteroatoms. The van der Waals surface area contributed by atoms with Crippen LogP contribution in [0.15, 0.2) is 28.7 Å². The van der Waals surface area contributed by atoms with Gasteiger partial charge in [0.15, 0.2) is 0 Å². The van der Waals surface area contributed by atoms with Crippen molar-refractivity contribution in [2.24, 2.45) is 0 Å². The Balaban J connectivity index is 2.80. The highest BCUT2D eigenvalue weighted by Crippen LogP contribution is 2.17. The lowest BCUT2D eigenvalue weighted by Crippen LogP contribution is -2.22. The van der Waals surface area contributed by atoms with Crippen molar-refractivity contribution in [1.82, 2.24) is 0 Å². The molecule has 0 saturated heterocycles. The van der Waals surface area contributed by atoms with Crippen LogP contribution in [-0.4, -0.2) is 13.1 Å². The van der Waals surface area contributed by atoms with Gasteiger partial charge in [-0.2, -0.15) is 5.26 Å². The lowest BCUT2D eigenvalue weighted by molar-refractivity contribution is 0.911. The first-order valence-electron chi connectivity index (χ1n) is 4.15. The Morgan fingerprint density at radius 1 is 1.38 bits per heavy atom. The maximum Gasteiger partial charge on any atom is 0.105 e. The van der Waals surface area contributed by atoms with Gasteiger partial charge in [-0.3, -0.25) is 0 Å². The van der Waals surface area contributed by atoms with E-state index in [0.29, 0.717) is 6.54 Å². The van der Waals surface area contributed by atoms with E-state index in [0.717, 1.165) is 16.7 Å². The summed E-state index contributed by atoms with van der Waals surface area (Å²) in [6.45, 7) is 3.34. The largest absolute Gasteiger partial charge is 0.358 e. The van der Waals surface area contributed by atoms with Crippen LogP contribution >= 0.6 is 15.9 Å². The second-order valence-electron chi connectivity index (χ2n) is 2.65. The van der Waals surface area contributed by atoms with Gasteiger partial charge in [-0.25, -0.2) is 0 Å². The number of benzene rings is 1. The Kier molecular flexibility index (Phi) is 3.78. The van der Waals surface area contributed by atoms with Gasteiger partial charge >= 0.3 is 0 Å². The minimum atomic E-state index is 0.443. The van der Waals surface area contributed by atoms with Crippen molar-refractivity contribution < 1.29 is 0 Å². The first kappa shape index (κ1) is 10.1. The van der Waals surface area contributed by atoms with Crippen molar-refractivity contribution >= 4 is 21.6 Å². The normalized spacial score (nSPS) is 9.31. The van der Waals surface area contributed by atoms with Crippen LogP contribution in [0.5, 0.6) is 0 Å². The summed E-state index contributed by atoms with van der Waals surface area (Å²) in [6.07, 6.45) is 0. The highest BCUT2D eigenvalue weighted by atomic mass is 79.9. The maximum absolute atomic E-state index is 8.58. The molecule has 0 aliphatic heterocycles. The summed E-state index contributed by atoms with van der Waals surface area (Å²) in [7, 11) is 0. The summed E-state index contributed by atoms with van der Waals surface area (Å²) >= 11 is 3.37. The topological polar surface area (TPSA) is 27.0 Å². The summed E-state index contributed by atoms with van der Waals surface area (Å²) < 4.78 is 1.06. The molecule has 0 bridgehead atoms. The number of nitriles is 1. The molecule has 1 aromatic rings. The summed E-state index contributed by atoms with van der Waals surface area (Å²) in [5, 5.41) is 8.58. The van der Waals surface area contributed by atoms with Crippen molar-refractivity contribution in [2.75, 3.05) is 18.0 Å². The van der Waals surface area contributed by atoms with Crippen LogP contribution in [0.1, 0.15) is 6.92 Å². The molecule has 13 heavy (non-hydrogen) atoms. The molecule has 0 unspecified atom stereocenters. The molecule has 0 spiro atoms. The van der Waals surface area contributed by atoms with E-state index in [2.05, 4.69) is 22.0 Å². The second kappa shape index (κ2) is 4.88. The maximum atomic E-state index is 8.58. The van der Waals surface area contributed by atoms with Gasteiger partial charge in [-0.15, -0.1) is 0 Å². The number of nitrogens with zero attached hydrogens (tertiary/aromatic N) is 2. The molecule has 0 aliphatic carbocycles. The fourth-order valence-corrected chi connectivity index (χ4v) is 1.39. The quantitative estimate of drug-likeness (QED) is 0.758. The van der Waals surface area contributed by atoms with Crippen LogP contribution in [0.2, 0.25) is 0 Å². The number of rotatable bonds is 3. The average molecular weight is 239 g/mol. The zero-order valence-corrected chi connectivity index (χ0v) is 9.08. The van der Waals surface area contributed by atoms with E-state index in [1.807, 2.05) is 36.1 Å². The lowest BCUT2D eigenvalue weighted by Gasteiger charge is -2.19. The van der Waals surface area contributed by atoms with Gasteiger partial charge in [0.2, 0.25) is 0 Å². The van der Waals surface area contributed by atoms with Gasteiger partial charge in [-0.1, -0.05) is 15.9 Å². The fraction of sp³-hybridized carbons (Fsp3) is 0.300. The molecule has 2 nitrogen and oxygen atoms in total. The summed E-state index contributed by atoms with van der Waals surface area (Å²) in [5.41, 5.74) is 1.09. The zero-order valence-electron chi connectivity index (χ0n) is 7.50. The minimum absolute atomic E-state index is 0.443. The number of anilines is 1. The molecular weight excluding hydrogens is 228 g/mol. The Morgan fingerprint density at radius 2 is 2.00 bits per heavy atom. The number of hydrogen-bond acceptors (Lipinski definition) is 2. The van der Waals surface area contributed by atoms with Crippen LogP contribution in [0.3, 0.4) is 0 Å². The van der Waals surface area contributed by atoms with Crippen LogP contribution in [0.4, 0.5) is 5.69 Å². The molecule has 1 aromatic carbocycles. The molecule has 0 saturated carbocycles. The highest BCUT2D eigenvalue weighted by Gasteiger charge is 2.01. The summed E-state index contributed by atoms with van der Waals surface area (Å²) in [5.74, 6) is 0. The van der Waals surface area contributed by atoms with Crippen molar-refractivity contribution in [3.63, 3.8) is 0 Å². The van der Waals surface area contributed by atoms with Crippen molar-refractivity contribution in [1.29, 1.82) is 5.26 Å². The number of hydrogen-bond donors (Lipinski definition) is 0. The predicted octanol–water partition coefficient (Wildman–Crippen LogP) is 2.80. The van der Waals surface area contributed by atoms with E-state index in [4.69, 9.17) is 5.26 Å². The van der Waals surface area contributed by atoms with Crippen LogP contribution in [0.25, 0.3) is 0 Å². The van der Waals surface area contributed by atoms with E-state index in [1.54, 1.807) is 0 Å². The van der Waals surface area contributed by atoms with E-state index in [-0.39, 0.29) is 0 Å². The molecule has 0 atom stereocenters. The third-order valence-corrected chi connectivity index (χ3v) is 2.36. The van der Waals surface area contributed by atoms with Crippen LogP contribution in [-0.2, 0) is 0 Å². The number of halogens is 1. The Morgan fingerprint density at radius 3 is 2.46 bits per heavy atom. The van der Waals surface area contributed by atoms with Gasteiger partial charge in [0.1, 0.15) is 6.54 Å². The van der Waals surface area contributed by atoms with Crippen molar-refractivity contribution in [2.45, 2.75) is 6.92 Å². The fourth-order valence-electron chi connectivity index (χ4n) is 1.12.